The zero-order valence-electron chi connectivity index (χ0n) is 6.74. The number of benzene rings is 1. The van der Waals surface area contributed by atoms with E-state index in [1.165, 1.54) is 10.5 Å². The van der Waals surface area contributed by atoms with Gasteiger partial charge in [-0.15, -0.1) is 11.8 Å². The summed E-state index contributed by atoms with van der Waals surface area (Å²) in [4.78, 5) is 1.29. The van der Waals surface area contributed by atoms with Crippen LogP contribution >= 0.6 is 24.4 Å². The summed E-state index contributed by atoms with van der Waals surface area (Å²) < 4.78 is 0.373. The molecule has 0 heterocycles. The fraction of sp³-hybridized carbons (Fsp3) is 0.333. The molecule has 1 atom stereocenters. The van der Waals surface area contributed by atoms with E-state index in [1.807, 2.05) is 0 Å². The molecule has 0 amide bonds. The van der Waals surface area contributed by atoms with Gasteiger partial charge in [-0.05, 0) is 26.0 Å². The predicted molar refractivity (Wildman–Crippen MR) is 55.5 cm³/mol. The summed E-state index contributed by atoms with van der Waals surface area (Å²) in [5.41, 5.74) is 1.31. The van der Waals surface area contributed by atoms with E-state index in [4.69, 9.17) is 0 Å². The quantitative estimate of drug-likeness (QED) is 0.418. The molecule has 0 nitrogen and oxygen atoms in total. The topological polar surface area (TPSA) is 0 Å². The van der Waals surface area contributed by atoms with Crippen LogP contribution in [0.25, 0.3) is 0 Å². The zero-order valence-corrected chi connectivity index (χ0v) is 8.45. The van der Waals surface area contributed by atoms with E-state index >= 15 is 0 Å². The molecular formula is C9H12S2. The molecule has 1 rings (SSSR count). The zero-order chi connectivity index (χ0) is 8.27. The average molecular weight is 184 g/mol. The molecule has 0 aliphatic carbocycles. The van der Waals surface area contributed by atoms with Crippen molar-refractivity contribution in [3.8, 4) is 0 Å². The Hall–Kier alpha value is -0.0800. The van der Waals surface area contributed by atoms with Crippen LogP contribution in [0.5, 0.6) is 0 Å². The maximum absolute atomic E-state index is 4.30. The highest BCUT2D eigenvalue weighted by Crippen LogP contribution is 2.24. The number of hydrogen-bond donors (Lipinski definition) is 1. The molecule has 2 heteroatoms. The molecule has 0 fully saturated rings. The van der Waals surface area contributed by atoms with Gasteiger partial charge in [0, 0.05) is 9.48 Å². The maximum atomic E-state index is 4.30. The Bertz CT molecular complexity index is 214. The molecular weight excluding hydrogens is 172 g/mol. The Morgan fingerprint density at radius 2 is 1.82 bits per heavy atom. The van der Waals surface area contributed by atoms with Crippen LogP contribution < -0.4 is 0 Å². The van der Waals surface area contributed by atoms with Gasteiger partial charge in [0.15, 0.2) is 0 Å². The van der Waals surface area contributed by atoms with Gasteiger partial charge in [0.1, 0.15) is 0 Å². The lowest BCUT2D eigenvalue weighted by molar-refractivity contribution is 1.35. The smallest absolute Gasteiger partial charge is 0.0491 e. The summed E-state index contributed by atoms with van der Waals surface area (Å²) in [7, 11) is 0. The van der Waals surface area contributed by atoms with Gasteiger partial charge < -0.3 is 0 Å². The Morgan fingerprint density at radius 1 is 1.27 bits per heavy atom. The van der Waals surface area contributed by atoms with Crippen LogP contribution in [0.3, 0.4) is 0 Å². The summed E-state index contributed by atoms with van der Waals surface area (Å²) in [6, 6.07) is 8.51. The van der Waals surface area contributed by atoms with Gasteiger partial charge in [-0.3, -0.25) is 0 Å². The minimum absolute atomic E-state index is 0.373. The van der Waals surface area contributed by atoms with Crippen molar-refractivity contribution in [3.05, 3.63) is 29.8 Å². The predicted octanol–water partition coefficient (Wildman–Crippen LogP) is 3.36. The largest absolute Gasteiger partial charge is 0.165 e. The Kier molecular flexibility index (Phi) is 3.34. The standard InChI is InChI=1S/C9H12S2/c1-7-3-5-9(6-4-7)11-8(2)10/h3-6,8,10H,1-2H3. The molecule has 0 radical (unpaired) electrons. The lowest BCUT2D eigenvalue weighted by Crippen LogP contribution is -1.81. The minimum atomic E-state index is 0.373. The second-order valence-electron chi connectivity index (χ2n) is 2.53. The van der Waals surface area contributed by atoms with E-state index in [0.717, 1.165) is 0 Å². The first-order chi connectivity index (χ1) is 5.18. The van der Waals surface area contributed by atoms with Crippen LogP contribution in [-0.4, -0.2) is 4.58 Å². The van der Waals surface area contributed by atoms with E-state index in [9.17, 15) is 0 Å². The molecule has 1 aromatic carbocycles. The van der Waals surface area contributed by atoms with E-state index < -0.39 is 0 Å². The maximum Gasteiger partial charge on any atom is 0.0491 e. The monoisotopic (exact) mass is 184 g/mol. The van der Waals surface area contributed by atoms with Gasteiger partial charge in [-0.2, -0.15) is 12.6 Å². The Labute approximate surface area is 77.8 Å². The molecule has 60 valence electrons. The van der Waals surface area contributed by atoms with E-state index in [2.05, 4.69) is 50.7 Å². The second-order valence-corrected chi connectivity index (χ2v) is 5.07. The van der Waals surface area contributed by atoms with Crippen LogP contribution in [0.15, 0.2) is 29.2 Å². The highest BCUT2D eigenvalue weighted by Gasteiger charge is 1.96. The lowest BCUT2D eigenvalue weighted by atomic mass is 10.2. The first-order valence-electron chi connectivity index (χ1n) is 3.60. The molecule has 0 aromatic heterocycles. The van der Waals surface area contributed by atoms with Crippen LogP contribution in [0.4, 0.5) is 0 Å². The van der Waals surface area contributed by atoms with Gasteiger partial charge in [0.05, 0.1) is 0 Å². The number of hydrogen-bond acceptors (Lipinski definition) is 2. The Morgan fingerprint density at radius 3 is 2.27 bits per heavy atom. The molecule has 11 heavy (non-hydrogen) atoms. The fourth-order valence-corrected chi connectivity index (χ4v) is 1.87. The van der Waals surface area contributed by atoms with Crippen LogP contribution in [0, 0.1) is 6.92 Å². The summed E-state index contributed by atoms with van der Waals surface area (Å²) in [6.45, 7) is 4.17. The van der Waals surface area contributed by atoms with Crippen LogP contribution in [0.1, 0.15) is 12.5 Å². The molecule has 0 saturated carbocycles. The van der Waals surface area contributed by atoms with Gasteiger partial charge in [0.25, 0.3) is 0 Å². The van der Waals surface area contributed by atoms with Gasteiger partial charge in [-0.25, -0.2) is 0 Å². The molecule has 1 unspecified atom stereocenters. The van der Waals surface area contributed by atoms with Gasteiger partial charge in [-0.1, -0.05) is 17.7 Å². The van der Waals surface area contributed by atoms with Crippen LogP contribution in [0.2, 0.25) is 0 Å². The van der Waals surface area contributed by atoms with Crippen molar-refractivity contribution in [1.82, 2.24) is 0 Å². The van der Waals surface area contributed by atoms with Crippen molar-refractivity contribution in [2.75, 3.05) is 0 Å². The Balaban J connectivity index is 2.66. The fourth-order valence-electron chi connectivity index (χ4n) is 0.814. The van der Waals surface area contributed by atoms with Crippen molar-refractivity contribution in [3.63, 3.8) is 0 Å². The molecule has 0 bridgehead atoms. The van der Waals surface area contributed by atoms with Crippen molar-refractivity contribution in [2.24, 2.45) is 0 Å². The summed E-state index contributed by atoms with van der Waals surface area (Å²) >= 11 is 6.07. The van der Waals surface area contributed by atoms with Crippen molar-refractivity contribution >= 4 is 24.4 Å². The number of rotatable bonds is 2. The molecule has 0 saturated heterocycles. The second kappa shape index (κ2) is 4.07. The molecule has 0 spiro atoms. The molecule has 1 aromatic rings. The van der Waals surface area contributed by atoms with E-state index in [0.29, 0.717) is 4.58 Å². The summed E-state index contributed by atoms with van der Waals surface area (Å²) in [5.74, 6) is 0. The van der Waals surface area contributed by atoms with E-state index in [1.54, 1.807) is 11.8 Å². The third-order valence-corrected chi connectivity index (χ3v) is 2.53. The number of thiol groups is 1. The molecule has 0 N–H and O–H groups in total. The summed E-state index contributed by atoms with van der Waals surface area (Å²) in [6.07, 6.45) is 0. The van der Waals surface area contributed by atoms with Crippen molar-refractivity contribution in [1.29, 1.82) is 0 Å². The first-order valence-corrected chi connectivity index (χ1v) is 4.99. The SMILES string of the molecule is Cc1ccc(SC(C)S)cc1. The number of thioether (sulfide) groups is 1. The lowest BCUT2D eigenvalue weighted by Gasteiger charge is -2.03. The minimum Gasteiger partial charge on any atom is -0.165 e. The van der Waals surface area contributed by atoms with Crippen molar-refractivity contribution < 1.29 is 0 Å². The average Bonchev–Trinajstić information content (AvgIpc) is 1.93. The van der Waals surface area contributed by atoms with Crippen molar-refractivity contribution in [2.45, 2.75) is 23.3 Å². The van der Waals surface area contributed by atoms with Gasteiger partial charge >= 0.3 is 0 Å². The highest BCUT2D eigenvalue weighted by atomic mass is 32.2. The number of aryl methyl sites for hydroxylation is 1. The highest BCUT2D eigenvalue weighted by molar-refractivity contribution is 8.10. The third kappa shape index (κ3) is 3.21. The first kappa shape index (κ1) is 9.01. The third-order valence-electron chi connectivity index (χ3n) is 1.33. The van der Waals surface area contributed by atoms with Gasteiger partial charge in [0.2, 0.25) is 0 Å². The normalized spacial score (nSPS) is 13.0. The molecule has 0 aliphatic rings. The van der Waals surface area contributed by atoms with Crippen LogP contribution in [-0.2, 0) is 0 Å². The molecule has 0 aliphatic heterocycles. The van der Waals surface area contributed by atoms with E-state index in [-0.39, 0.29) is 0 Å². The summed E-state index contributed by atoms with van der Waals surface area (Å²) in [5, 5.41) is 0.